The molecule has 0 radical (unpaired) electrons. The molecule has 0 spiro atoms. The highest BCUT2D eigenvalue weighted by molar-refractivity contribution is 5.73. The standard InChI is InChI=1S/C16H23N3O/c1-12(20)18-14-7-9-19(11-14)16-6-8-17-10-13-4-2-3-5-15(13)16/h2-5,14,16-17H,6-11H2,1H3,(H,18,20). The zero-order valence-electron chi connectivity index (χ0n) is 12.1. The summed E-state index contributed by atoms with van der Waals surface area (Å²) < 4.78 is 0. The summed E-state index contributed by atoms with van der Waals surface area (Å²) in [6.45, 7) is 5.67. The molecule has 0 aromatic heterocycles. The minimum absolute atomic E-state index is 0.0831. The van der Waals surface area contributed by atoms with E-state index in [0.717, 1.165) is 39.0 Å². The molecule has 0 bridgehead atoms. The number of likely N-dealkylation sites (tertiary alicyclic amines) is 1. The molecule has 2 aliphatic heterocycles. The van der Waals surface area contributed by atoms with Gasteiger partial charge in [-0.1, -0.05) is 24.3 Å². The Morgan fingerprint density at radius 2 is 2.20 bits per heavy atom. The van der Waals surface area contributed by atoms with E-state index < -0.39 is 0 Å². The molecule has 2 N–H and O–H groups in total. The zero-order valence-corrected chi connectivity index (χ0v) is 12.1. The number of carbonyl (C=O) groups is 1. The van der Waals surface area contributed by atoms with E-state index in [2.05, 4.69) is 39.8 Å². The summed E-state index contributed by atoms with van der Waals surface area (Å²) in [5.41, 5.74) is 2.87. The van der Waals surface area contributed by atoms with E-state index in [1.807, 2.05) is 0 Å². The van der Waals surface area contributed by atoms with Gasteiger partial charge in [0, 0.05) is 38.6 Å². The monoisotopic (exact) mass is 273 g/mol. The van der Waals surface area contributed by atoms with Gasteiger partial charge in [0.05, 0.1) is 0 Å². The number of hydrogen-bond acceptors (Lipinski definition) is 3. The molecule has 2 unspecified atom stereocenters. The molecule has 4 heteroatoms. The van der Waals surface area contributed by atoms with Gasteiger partial charge in [0.1, 0.15) is 0 Å². The molecular formula is C16H23N3O. The number of nitrogens with zero attached hydrogens (tertiary/aromatic N) is 1. The van der Waals surface area contributed by atoms with Crippen LogP contribution in [0.5, 0.6) is 0 Å². The first-order valence-electron chi connectivity index (χ1n) is 7.53. The number of benzene rings is 1. The van der Waals surface area contributed by atoms with Crippen LogP contribution in [0.3, 0.4) is 0 Å². The maximum atomic E-state index is 11.2. The fourth-order valence-corrected chi connectivity index (χ4v) is 3.49. The number of rotatable bonds is 2. The average molecular weight is 273 g/mol. The second-order valence-corrected chi connectivity index (χ2v) is 5.86. The van der Waals surface area contributed by atoms with Crippen molar-refractivity contribution in [2.24, 2.45) is 0 Å². The van der Waals surface area contributed by atoms with Gasteiger partial charge in [-0.25, -0.2) is 0 Å². The largest absolute Gasteiger partial charge is 0.352 e. The van der Waals surface area contributed by atoms with Gasteiger partial charge in [-0.15, -0.1) is 0 Å². The van der Waals surface area contributed by atoms with E-state index in [1.165, 1.54) is 11.1 Å². The molecule has 2 atom stereocenters. The lowest BCUT2D eigenvalue weighted by Crippen LogP contribution is -2.36. The van der Waals surface area contributed by atoms with Crippen LogP contribution in [0.2, 0.25) is 0 Å². The fourth-order valence-electron chi connectivity index (χ4n) is 3.49. The quantitative estimate of drug-likeness (QED) is 0.857. The van der Waals surface area contributed by atoms with Gasteiger partial charge in [0.2, 0.25) is 5.91 Å². The van der Waals surface area contributed by atoms with Crippen molar-refractivity contribution in [3.05, 3.63) is 35.4 Å². The maximum absolute atomic E-state index is 11.2. The summed E-state index contributed by atoms with van der Waals surface area (Å²) in [5.74, 6) is 0.0831. The number of fused-ring (bicyclic) bond motifs is 1. The Morgan fingerprint density at radius 3 is 3.05 bits per heavy atom. The Balaban J connectivity index is 1.75. The van der Waals surface area contributed by atoms with Crippen molar-refractivity contribution in [2.75, 3.05) is 19.6 Å². The normalized spacial score (nSPS) is 26.9. The van der Waals surface area contributed by atoms with Gasteiger partial charge in [-0.3, -0.25) is 9.69 Å². The molecule has 20 heavy (non-hydrogen) atoms. The van der Waals surface area contributed by atoms with Crippen LogP contribution in [0, 0.1) is 0 Å². The summed E-state index contributed by atoms with van der Waals surface area (Å²) in [5, 5.41) is 6.56. The predicted molar refractivity (Wildman–Crippen MR) is 79.3 cm³/mol. The van der Waals surface area contributed by atoms with Crippen molar-refractivity contribution < 1.29 is 4.79 Å². The molecule has 1 aromatic carbocycles. The van der Waals surface area contributed by atoms with Crippen LogP contribution in [0.1, 0.15) is 36.9 Å². The number of carbonyl (C=O) groups excluding carboxylic acids is 1. The van der Waals surface area contributed by atoms with Crippen LogP contribution in [0.4, 0.5) is 0 Å². The Labute approximate surface area is 120 Å². The van der Waals surface area contributed by atoms with Crippen molar-refractivity contribution in [1.82, 2.24) is 15.5 Å². The van der Waals surface area contributed by atoms with Gasteiger partial charge in [-0.2, -0.15) is 0 Å². The van der Waals surface area contributed by atoms with Crippen molar-refractivity contribution in [3.8, 4) is 0 Å². The number of amides is 1. The Hall–Kier alpha value is -1.39. The van der Waals surface area contributed by atoms with Crippen LogP contribution in [0.25, 0.3) is 0 Å². The highest BCUT2D eigenvalue weighted by atomic mass is 16.1. The van der Waals surface area contributed by atoms with Gasteiger partial charge < -0.3 is 10.6 Å². The highest BCUT2D eigenvalue weighted by Crippen LogP contribution is 2.31. The van der Waals surface area contributed by atoms with Crippen LogP contribution in [-0.2, 0) is 11.3 Å². The van der Waals surface area contributed by atoms with E-state index in [-0.39, 0.29) is 5.91 Å². The summed E-state index contributed by atoms with van der Waals surface area (Å²) in [6.07, 6.45) is 2.20. The van der Waals surface area contributed by atoms with E-state index in [4.69, 9.17) is 0 Å². The minimum Gasteiger partial charge on any atom is -0.352 e. The molecule has 1 amide bonds. The first-order valence-corrected chi connectivity index (χ1v) is 7.53. The molecule has 3 rings (SSSR count). The summed E-state index contributed by atoms with van der Waals surface area (Å²) in [4.78, 5) is 13.7. The summed E-state index contributed by atoms with van der Waals surface area (Å²) in [6, 6.07) is 9.54. The minimum atomic E-state index is 0.0831. The lowest BCUT2D eigenvalue weighted by molar-refractivity contribution is -0.119. The first-order chi connectivity index (χ1) is 9.74. The number of hydrogen-bond donors (Lipinski definition) is 2. The van der Waals surface area contributed by atoms with Crippen molar-refractivity contribution in [3.63, 3.8) is 0 Å². The van der Waals surface area contributed by atoms with Crippen LogP contribution in [0.15, 0.2) is 24.3 Å². The third kappa shape index (κ3) is 2.86. The van der Waals surface area contributed by atoms with Gasteiger partial charge >= 0.3 is 0 Å². The molecule has 1 fully saturated rings. The smallest absolute Gasteiger partial charge is 0.217 e. The second-order valence-electron chi connectivity index (χ2n) is 5.86. The van der Waals surface area contributed by atoms with Crippen molar-refractivity contribution in [1.29, 1.82) is 0 Å². The third-order valence-electron chi connectivity index (χ3n) is 4.39. The fraction of sp³-hybridized carbons (Fsp3) is 0.562. The predicted octanol–water partition coefficient (Wildman–Crippen LogP) is 1.43. The molecule has 2 aliphatic rings. The molecule has 0 aliphatic carbocycles. The highest BCUT2D eigenvalue weighted by Gasteiger charge is 2.31. The maximum Gasteiger partial charge on any atom is 0.217 e. The van der Waals surface area contributed by atoms with Crippen LogP contribution >= 0.6 is 0 Å². The van der Waals surface area contributed by atoms with Crippen molar-refractivity contribution in [2.45, 2.75) is 38.4 Å². The van der Waals surface area contributed by atoms with Gasteiger partial charge in [0.15, 0.2) is 0 Å². The molecule has 1 aromatic rings. The van der Waals surface area contributed by atoms with Crippen molar-refractivity contribution >= 4 is 5.91 Å². The zero-order chi connectivity index (χ0) is 13.9. The van der Waals surface area contributed by atoms with E-state index in [1.54, 1.807) is 6.92 Å². The molecular weight excluding hydrogens is 250 g/mol. The first kappa shape index (κ1) is 13.6. The summed E-state index contributed by atoms with van der Waals surface area (Å²) >= 11 is 0. The topological polar surface area (TPSA) is 44.4 Å². The summed E-state index contributed by atoms with van der Waals surface area (Å²) in [7, 11) is 0. The number of nitrogens with one attached hydrogen (secondary N) is 2. The van der Waals surface area contributed by atoms with Gasteiger partial charge in [0.25, 0.3) is 0 Å². The van der Waals surface area contributed by atoms with Crippen LogP contribution in [-0.4, -0.2) is 36.5 Å². The third-order valence-corrected chi connectivity index (χ3v) is 4.39. The van der Waals surface area contributed by atoms with E-state index in [0.29, 0.717) is 12.1 Å². The molecule has 0 saturated carbocycles. The van der Waals surface area contributed by atoms with E-state index >= 15 is 0 Å². The van der Waals surface area contributed by atoms with Gasteiger partial charge in [-0.05, 0) is 30.5 Å². The second kappa shape index (κ2) is 5.94. The van der Waals surface area contributed by atoms with Crippen LogP contribution < -0.4 is 10.6 Å². The Kier molecular flexibility index (Phi) is 4.03. The molecule has 2 heterocycles. The SMILES string of the molecule is CC(=O)NC1CCN(C2CCNCc3ccccc32)C1. The lowest BCUT2D eigenvalue weighted by atomic mass is 9.98. The van der Waals surface area contributed by atoms with E-state index in [9.17, 15) is 4.79 Å². The lowest BCUT2D eigenvalue weighted by Gasteiger charge is -2.28. The Bertz CT molecular complexity index is 488. The Morgan fingerprint density at radius 1 is 1.35 bits per heavy atom. The average Bonchev–Trinajstić information content (AvgIpc) is 2.76. The molecule has 108 valence electrons. The molecule has 4 nitrogen and oxygen atoms in total. The molecule has 1 saturated heterocycles.